The summed E-state index contributed by atoms with van der Waals surface area (Å²) in [4.78, 5) is 38.2. The first kappa shape index (κ1) is 26.6. The number of carbonyl (C=O) groups excluding carboxylic acids is 2. The number of rotatable bonds is 11. The molecule has 0 radical (unpaired) electrons. The number of aromatic amines is 1. The topological polar surface area (TPSA) is 136 Å². The van der Waals surface area contributed by atoms with E-state index in [9.17, 15) is 19.5 Å². The van der Waals surface area contributed by atoms with Crippen molar-refractivity contribution in [2.45, 2.75) is 38.8 Å². The van der Waals surface area contributed by atoms with E-state index in [4.69, 9.17) is 5.11 Å². The second-order valence-electron chi connectivity index (χ2n) is 9.27. The summed E-state index contributed by atoms with van der Waals surface area (Å²) in [7, 11) is 1.68. The van der Waals surface area contributed by atoms with E-state index in [1.165, 1.54) is 6.07 Å². The van der Waals surface area contributed by atoms with Gasteiger partial charge in [-0.2, -0.15) is 5.10 Å². The zero-order valence-electron chi connectivity index (χ0n) is 20.6. The van der Waals surface area contributed by atoms with E-state index < -0.39 is 24.0 Å². The highest BCUT2D eigenvalue weighted by atomic mass is 16.4. The van der Waals surface area contributed by atoms with Crippen LogP contribution in [-0.4, -0.2) is 68.8 Å². The van der Waals surface area contributed by atoms with Crippen LogP contribution in [0.25, 0.3) is 11.1 Å². The third-order valence-corrected chi connectivity index (χ3v) is 5.70. The Morgan fingerprint density at radius 3 is 2.28 bits per heavy atom. The van der Waals surface area contributed by atoms with E-state index in [1.807, 2.05) is 68.4 Å². The SMILES string of the molecule is CC(C)CN(C)C(=O)c1cc(C(=O)N[C@H](Cc2ccc(-c3ccccc3)cc2)C[C@@H](O)C(=O)O)n[nH]1. The molecule has 0 saturated carbocycles. The number of hydrogen-bond acceptors (Lipinski definition) is 5. The van der Waals surface area contributed by atoms with Crippen molar-refractivity contribution in [1.29, 1.82) is 0 Å². The van der Waals surface area contributed by atoms with Gasteiger partial charge in [-0.15, -0.1) is 0 Å². The van der Waals surface area contributed by atoms with E-state index in [1.54, 1.807) is 11.9 Å². The predicted octanol–water partition coefficient (Wildman–Crippen LogP) is 2.98. The number of amides is 2. The molecule has 1 heterocycles. The summed E-state index contributed by atoms with van der Waals surface area (Å²) in [6, 6.07) is 18.3. The fraction of sp³-hybridized carbons (Fsp3) is 0.333. The normalized spacial score (nSPS) is 12.7. The highest BCUT2D eigenvalue weighted by Gasteiger charge is 2.24. The first-order valence-corrected chi connectivity index (χ1v) is 11.8. The standard InChI is InChI=1S/C27H32N4O5/c1-17(2)16-31(3)26(34)23-15-22(29-30-23)25(33)28-21(14-24(32)27(35)36)13-18-9-11-20(12-10-18)19-7-5-4-6-8-19/h4-12,15,17,21,24,32H,13-14,16H2,1-3H3,(H,28,33)(H,29,30)(H,35,36)/t21-,24-/m1/s1. The van der Waals surface area contributed by atoms with Gasteiger partial charge in [0.05, 0.1) is 0 Å². The molecule has 0 bridgehead atoms. The van der Waals surface area contributed by atoms with Gasteiger partial charge in [-0.3, -0.25) is 14.7 Å². The Balaban J connectivity index is 1.71. The molecular formula is C27H32N4O5. The lowest BCUT2D eigenvalue weighted by Crippen LogP contribution is -2.40. The summed E-state index contributed by atoms with van der Waals surface area (Å²) in [5.41, 5.74) is 3.15. The van der Waals surface area contributed by atoms with Crippen LogP contribution in [-0.2, 0) is 11.2 Å². The van der Waals surface area contributed by atoms with Crippen molar-refractivity contribution in [2.24, 2.45) is 5.92 Å². The molecule has 9 heteroatoms. The highest BCUT2D eigenvalue weighted by Crippen LogP contribution is 2.20. The Morgan fingerprint density at radius 2 is 1.67 bits per heavy atom. The van der Waals surface area contributed by atoms with Crippen molar-refractivity contribution in [1.82, 2.24) is 20.4 Å². The Morgan fingerprint density at radius 1 is 1.03 bits per heavy atom. The summed E-state index contributed by atoms with van der Waals surface area (Å²) < 4.78 is 0. The van der Waals surface area contributed by atoms with Crippen LogP contribution in [0.1, 0.15) is 46.8 Å². The monoisotopic (exact) mass is 492 g/mol. The maximum absolute atomic E-state index is 12.9. The quantitative estimate of drug-likeness (QED) is 0.325. The number of carboxylic acids is 1. The molecule has 0 aliphatic rings. The Hall–Kier alpha value is -3.98. The van der Waals surface area contributed by atoms with Crippen molar-refractivity contribution >= 4 is 17.8 Å². The van der Waals surface area contributed by atoms with Crippen LogP contribution in [0.2, 0.25) is 0 Å². The molecule has 0 saturated heterocycles. The number of aromatic nitrogens is 2. The minimum atomic E-state index is -1.64. The van der Waals surface area contributed by atoms with E-state index >= 15 is 0 Å². The molecular weight excluding hydrogens is 460 g/mol. The fourth-order valence-corrected chi connectivity index (χ4v) is 3.96. The second-order valence-corrected chi connectivity index (χ2v) is 9.27. The molecule has 0 unspecified atom stereocenters. The van der Waals surface area contributed by atoms with Gasteiger partial charge in [-0.05, 0) is 29.0 Å². The van der Waals surface area contributed by atoms with Crippen LogP contribution < -0.4 is 5.32 Å². The van der Waals surface area contributed by atoms with Gasteiger partial charge < -0.3 is 20.4 Å². The molecule has 3 rings (SSSR count). The van der Waals surface area contributed by atoms with Crippen LogP contribution in [0.3, 0.4) is 0 Å². The number of aliphatic hydroxyl groups is 1. The lowest BCUT2D eigenvalue weighted by molar-refractivity contribution is -0.147. The summed E-state index contributed by atoms with van der Waals surface area (Å²) in [6.45, 7) is 4.55. The van der Waals surface area contributed by atoms with Gasteiger partial charge in [0.2, 0.25) is 0 Å². The fourth-order valence-electron chi connectivity index (χ4n) is 3.96. The van der Waals surface area contributed by atoms with Crippen molar-refractivity contribution in [3.63, 3.8) is 0 Å². The molecule has 36 heavy (non-hydrogen) atoms. The molecule has 0 aliphatic carbocycles. The maximum atomic E-state index is 12.9. The number of carboxylic acid groups (broad SMARTS) is 1. The van der Waals surface area contributed by atoms with Crippen molar-refractivity contribution in [3.05, 3.63) is 77.6 Å². The van der Waals surface area contributed by atoms with Gasteiger partial charge in [-0.1, -0.05) is 68.4 Å². The number of H-pyrrole nitrogens is 1. The minimum Gasteiger partial charge on any atom is -0.479 e. The van der Waals surface area contributed by atoms with E-state index in [0.29, 0.717) is 13.0 Å². The van der Waals surface area contributed by atoms with Gasteiger partial charge >= 0.3 is 5.97 Å². The third kappa shape index (κ3) is 7.26. The molecule has 0 spiro atoms. The van der Waals surface area contributed by atoms with E-state index in [0.717, 1.165) is 16.7 Å². The van der Waals surface area contributed by atoms with Crippen LogP contribution in [0.4, 0.5) is 0 Å². The number of carbonyl (C=O) groups is 3. The van der Waals surface area contributed by atoms with E-state index in [2.05, 4.69) is 15.5 Å². The molecule has 190 valence electrons. The van der Waals surface area contributed by atoms with Crippen LogP contribution in [0.5, 0.6) is 0 Å². The lowest BCUT2D eigenvalue weighted by atomic mass is 9.97. The molecule has 0 fully saturated rings. The average molecular weight is 493 g/mol. The largest absolute Gasteiger partial charge is 0.479 e. The molecule has 2 amide bonds. The summed E-state index contributed by atoms with van der Waals surface area (Å²) >= 11 is 0. The lowest BCUT2D eigenvalue weighted by Gasteiger charge is -2.20. The van der Waals surface area contributed by atoms with Gasteiger partial charge in [0.1, 0.15) is 5.69 Å². The number of aliphatic carboxylic acids is 1. The summed E-state index contributed by atoms with van der Waals surface area (Å²) in [5, 5.41) is 28.4. The third-order valence-electron chi connectivity index (χ3n) is 5.70. The van der Waals surface area contributed by atoms with Gasteiger partial charge in [0.15, 0.2) is 11.8 Å². The van der Waals surface area contributed by atoms with Crippen molar-refractivity contribution in [2.75, 3.05) is 13.6 Å². The van der Waals surface area contributed by atoms with Crippen LogP contribution >= 0.6 is 0 Å². The number of nitrogens with one attached hydrogen (secondary N) is 2. The Bertz CT molecular complexity index is 1170. The molecule has 9 nitrogen and oxygen atoms in total. The zero-order valence-corrected chi connectivity index (χ0v) is 20.6. The smallest absolute Gasteiger partial charge is 0.332 e. The van der Waals surface area contributed by atoms with Crippen LogP contribution in [0.15, 0.2) is 60.7 Å². The molecule has 2 atom stereocenters. The Kier molecular flexibility index (Phi) is 8.97. The minimum absolute atomic E-state index is 0.00513. The predicted molar refractivity (Wildman–Crippen MR) is 135 cm³/mol. The molecule has 0 aliphatic heterocycles. The highest BCUT2D eigenvalue weighted by molar-refractivity contribution is 5.97. The first-order chi connectivity index (χ1) is 17.1. The Labute approximate surface area is 210 Å². The molecule has 4 N–H and O–H groups in total. The van der Waals surface area contributed by atoms with Crippen molar-refractivity contribution in [3.8, 4) is 11.1 Å². The second kappa shape index (κ2) is 12.1. The van der Waals surface area contributed by atoms with Crippen molar-refractivity contribution < 1.29 is 24.6 Å². The van der Waals surface area contributed by atoms with Gasteiger partial charge in [0, 0.05) is 32.1 Å². The average Bonchev–Trinajstić information content (AvgIpc) is 3.34. The number of benzene rings is 2. The van der Waals surface area contributed by atoms with E-state index in [-0.39, 0.29) is 29.6 Å². The van der Waals surface area contributed by atoms with Gasteiger partial charge in [-0.25, -0.2) is 4.79 Å². The maximum Gasteiger partial charge on any atom is 0.332 e. The number of aliphatic hydroxyl groups excluding tert-OH is 1. The first-order valence-electron chi connectivity index (χ1n) is 11.8. The van der Waals surface area contributed by atoms with Crippen LogP contribution in [0, 0.1) is 5.92 Å². The summed E-state index contributed by atoms with van der Waals surface area (Å²) in [5.74, 6) is -1.94. The number of nitrogens with zero attached hydrogens (tertiary/aromatic N) is 2. The zero-order chi connectivity index (χ0) is 26.2. The molecule has 2 aromatic carbocycles. The number of hydrogen-bond donors (Lipinski definition) is 4. The molecule has 1 aromatic heterocycles. The summed E-state index contributed by atoms with van der Waals surface area (Å²) in [6.07, 6.45) is -1.52. The molecule has 3 aromatic rings. The van der Waals surface area contributed by atoms with Gasteiger partial charge in [0.25, 0.3) is 11.8 Å².